The molecule has 0 aromatic rings. The molecule has 0 N–H and O–H groups in total. The van der Waals surface area contributed by atoms with Crippen LogP contribution in [-0.4, -0.2) is 0 Å². The predicted octanol–water partition coefficient (Wildman–Crippen LogP) is -2.66. The summed E-state index contributed by atoms with van der Waals surface area (Å²) in [7, 11) is 0. The molecule has 0 atom stereocenters. The molecule has 13 heavy (non-hydrogen) atoms. The van der Waals surface area contributed by atoms with E-state index in [1.165, 1.54) is 25.7 Å². The second-order valence-corrected chi connectivity index (χ2v) is 3.97. The van der Waals surface area contributed by atoms with E-state index >= 15 is 0 Å². The van der Waals surface area contributed by atoms with E-state index in [0.29, 0.717) is 0 Å². The molecule has 73 valence electrons. The molecule has 0 amide bonds. The van der Waals surface area contributed by atoms with Crippen molar-refractivity contribution in [3.63, 3.8) is 0 Å². The Balaban J connectivity index is 0. The fourth-order valence-corrected chi connectivity index (χ4v) is 1.86. The van der Waals surface area contributed by atoms with Crippen molar-refractivity contribution in [2.24, 2.45) is 0 Å². The van der Waals surface area contributed by atoms with Gasteiger partial charge < -0.3 is 24.8 Å². The summed E-state index contributed by atoms with van der Waals surface area (Å²) >= 11 is 2.25. The van der Waals surface area contributed by atoms with Crippen LogP contribution < -0.4 is 24.8 Å². The number of hydrogen-bond acceptors (Lipinski definition) is 0. The predicted molar refractivity (Wildman–Crippen MR) is 44.9 cm³/mol. The minimum Gasteiger partial charge on any atom is -1.00 e. The molecule has 0 nitrogen and oxygen atoms in total. The van der Waals surface area contributed by atoms with Gasteiger partial charge in [0, 0.05) is 0 Å². The molecule has 0 spiro atoms. The molecule has 0 aromatic carbocycles. The Morgan fingerprint density at radius 1 is 1.38 bits per heavy atom. The third-order valence-corrected chi connectivity index (χ3v) is 3.37. The van der Waals surface area contributed by atoms with Gasteiger partial charge in [-0.05, 0) is 0 Å². The molecular weight excluding hydrogens is 239 g/mol. The Labute approximate surface area is 105 Å². The van der Waals surface area contributed by atoms with Crippen molar-refractivity contribution >= 4 is 0 Å². The van der Waals surface area contributed by atoms with Gasteiger partial charge >= 0.3 is 81.1 Å². The molecule has 0 aromatic heterocycles. The summed E-state index contributed by atoms with van der Waals surface area (Å²) in [4.78, 5) is 0. The normalized spacial score (nSPS) is 14.9. The van der Waals surface area contributed by atoms with E-state index in [1.807, 2.05) is 0 Å². The number of unbranched alkanes of at least 4 members (excludes halogenated alkanes) is 1. The van der Waals surface area contributed by atoms with Gasteiger partial charge in [0.05, 0.1) is 0 Å². The quantitative estimate of drug-likeness (QED) is 0.482. The second-order valence-electron chi connectivity index (χ2n) is 3.19. The van der Waals surface area contributed by atoms with Gasteiger partial charge in [-0.25, -0.2) is 0 Å². The molecule has 3 heteroatoms. The van der Waals surface area contributed by atoms with Crippen LogP contribution in [0, 0.1) is 0 Å². The first-order chi connectivity index (χ1) is 5.25. The van der Waals surface area contributed by atoms with Crippen molar-refractivity contribution < 1.29 is 45.2 Å². The molecule has 0 saturated carbocycles. The first kappa shape index (κ1) is 16.2. The van der Waals surface area contributed by atoms with Gasteiger partial charge in [-0.15, -0.1) is 0 Å². The zero-order valence-corrected chi connectivity index (χ0v) is 11.2. The maximum atomic E-state index is 2.39. The maximum Gasteiger partial charge on any atom is -1.00 e. The summed E-state index contributed by atoms with van der Waals surface area (Å²) in [5.74, 6) is 0. The average molecular weight is 254 g/mol. The Hall–Kier alpha value is 0.774. The largest absolute Gasteiger partial charge is 1.00 e. The smallest absolute Gasteiger partial charge is 1.00 e. The standard InChI is InChI=1S/C10H15.2ClH.Ti/c1-3-4-5-10-7-6-9(2)8-10;;;/h7H,3-6H2,1-2H3;2*1H;/q;;;+2/p-2. The van der Waals surface area contributed by atoms with Crippen molar-refractivity contribution in [1.29, 1.82) is 0 Å². The van der Waals surface area contributed by atoms with Gasteiger partial charge in [0.25, 0.3) is 0 Å². The van der Waals surface area contributed by atoms with E-state index in [1.54, 1.807) is 15.0 Å². The number of rotatable bonds is 3. The van der Waals surface area contributed by atoms with Crippen LogP contribution >= 0.6 is 0 Å². The van der Waals surface area contributed by atoms with E-state index in [4.69, 9.17) is 0 Å². The molecule has 0 fully saturated rings. The van der Waals surface area contributed by atoms with E-state index in [0.717, 1.165) is 0 Å². The van der Waals surface area contributed by atoms with Gasteiger partial charge in [0.2, 0.25) is 0 Å². The fraction of sp³-hybridized carbons (Fsp3) is 0.600. The molecule has 0 saturated heterocycles. The Bertz CT molecular complexity index is 207. The monoisotopic (exact) mass is 253 g/mol. The van der Waals surface area contributed by atoms with E-state index in [9.17, 15) is 0 Å². The number of halogens is 2. The van der Waals surface area contributed by atoms with Crippen LogP contribution in [0.4, 0.5) is 0 Å². The van der Waals surface area contributed by atoms with Crippen LogP contribution in [0.2, 0.25) is 0 Å². The summed E-state index contributed by atoms with van der Waals surface area (Å²) in [6.07, 6.45) is 7.53. The first-order valence-corrected chi connectivity index (χ1v) is 5.14. The minimum absolute atomic E-state index is 0. The average Bonchev–Trinajstić information content (AvgIpc) is 2.31. The zero-order valence-electron chi connectivity index (χ0n) is 8.16. The van der Waals surface area contributed by atoms with Gasteiger partial charge in [-0.3, -0.25) is 0 Å². The van der Waals surface area contributed by atoms with Crippen molar-refractivity contribution in [3.05, 3.63) is 21.1 Å². The van der Waals surface area contributed by atoms with Crippen LogP contribution in [-0.2, 0) is 20.4 Å². The number of hydrogen-bond donors (Lipinski definition) is 0. The minimum atomic E-state index is 0. The zero-order chi connectivity index (χ0) is 8.27. The molecule has 1 rings (SSSR count). The summed E-state index contributed by atoms with van der Waals surface area (Å²) < 4.78 is 1.55. The van der Waals surface area contributed by atoms with Crippen LogP contribution in [0.25, 0.3) is 0 Å². The summed E-state index contributed by atoms with van der Waals surface area (Å²) in [5, 5.41) is 0. The maximum absolute atomic E-state index is 2.39. The number of allylic oxidation sites excluding steroid dienone is 4. The van der Waals surface area contributed by atoms with Crippen molar-refractivity contribution in [2.75, 3.05) is 0 Å². The van der Waals surface area contributed by atoms with Crippen molar-refractivity contribution in [3.8, 4) is 0 Å². The molecule has 0 heterocycles. The van der Waals surface area contributed by atoms with Gasteiger partial charge in [-0.1, -0.05) is 0 Å². The molecule has 1 aliphatic rings. The molecule has 0 radical (unpaired) electrons. The van der Waals surface area contributed by atoms with Crippen molar-refractivity contribution in [1.82, 2.24) is 0 Å². The van der Waals surface area contributed by atoms with Crippen LogP contribution in [0.5, 0.6) is 0 Å². The van der Waals surface area contributed by atoms with Crippen molar-refractivity contribution in [2.45, 2.75) is 39.5 Å². The van der Waals surface area contributed by atoms with Crippen LogP contribution in [0.3, 0.4) is 0 Å². The first-order valence-electron chi connectivity index (χ1n) is 4.36. The summed E-state index contributed by atoms with van der Waals surface area (Å²) in [6.45, 7) is 4.49. The Morgan fingerprint density at radius 2 is 2.00 bits per heavy atom. The van der Waals surface area contributed by atoms with Gasteiger partial charge in [0.1, 0.15) is 0 Å². The second kappa shape index (κ2) is 8.11. The van der Waals surface area contributed by atoms with E-state index in [2.05, 4.69) is 40.4 Å². The summed E-state index contributed by atoms with van der Waals surface area (Å²) in [5.41, 5.74) is 3.17. The Morgan fingerprint density at radius 3 is 2.38 bits per heavy atom. The molecule has 0 bridgehead atoms. The fourth-order valence-electron chi connectivity index (χ4n) is 1.35. The molecule has 0 aliphatic heterocycles. The van der Waals surface area contributed by atoms with Crippen LogP contribution in [0.1, 0.15) is 39.5 Å². The van der Waals surface area contributed by atoms with Gasteiger partial charge in [0.15, 0.2) is 0 Å². The SMILES string of the molecule is CCCCC1=CCC(C)=[C]1[Ti+2].[Cl-].[Cl-]. The Kier molecular flexibility index (Phi) is 10.1. The van der Waals surface area contributed by atoms with E-state index < -0.39 is 0 Å². The topological polar surface area (TPSA) is 0 Å². The molecule has 1 aliphatic carbocycles. The molecule has 0 unspecified atom stereocenters. The third-order valence-electron chi connectivity index (χ3n) is 2.20. The molecular formula is C10H15Cl2Ti. The summed E-state index contributed by atoms with van der Waals surface area (Å²) in [6, 6.07) is 0. The van der Waals surface area contributed by atoms with Crippen LogP contribution in [0.15, 0.2) is 21.1 Å². The third kappa shape index (κ3) is 4.69. The van der Waals surface area contributed by atoms with Gasteiger partial charge in [-0.2, -0.15) is 0 Å². The van der Waals surface area contributed by atoms with E-state index in [-0.39, 0.29) is 24.8 Å².